The Kier molecular flexibility index (Phi) is 6.00. The first-order valence-electron chi connectivity index (χ1n) is 11.1. The predicted molar refractivity (Wildman–Crippen MR) is 117 cm³/mol. The molecule has 4 rings (SSSR count). The molecule has 1 heterocycles. The van der Waals surface area contributed by atoms with Crippen LogP contribution in [0.1, 0.15) is 66.2 Å². The monoisotopic (exact) mass is 430 g/mol. The minimum Gasteiger partial charge on any atom is -0.481 e. The van der Waals surface area contributed by atoms with E-state index in [0.717, 1.165) is 36.1 Å². The number of carboxylic acid groups (broad SMARTS) is 1. The third-order valence-electron chi connectivity index (χ3n) is 7.01. The molecule has 3 aliphatic rings. The fraction of sp³-hybridized carbons (Fsp3) is 0.609. The van der Waals surface area contributed by atoms with Crippen molar-refractivity contribution in [1.29, 1.82) is 0 Å². The van der Waals surface area contributed by atoms with Crippen molar-refractivity contribution in [3.05, 3.63) is 28.2 Å². The molecule has 0 radical (unpaired) electrons. The van der Waals surface area contributed by atoms with Crippen LogP contribution in [-0.2, 0) is 16.0 Å². The second-order valence-corrected chi connectivity index (χ2v) is 10.1. The van der Waals surface area contributed by atoms with E-state index in [2.05, 4.69) is 10.6 Å². The number of carboxylic acids is 1. The number of carbonyl (C=O) groups excluding carboxylic acids is 2. The van der Waals surface area contributed by atoms with Crippen LogP contribution in [0.15, 0.2) is 12.2 Å². The summed E-state index contributed by atoms with van der Waals surface area (Å²) in [5.41, 5.74) is 1.52. The summed E-state index contributed by atoms with van der Waals surface area (Å²) in [6, 6.07) is 0.187. The van der Waals surface area contributed by atoms with Gasteiger partial charge in [0.05, 0.1) is 17.4 Å². The molecule has 1 aromatic rings. The number of rotatable bonds is 6. The zero-order valence-corrected chi connectivity index (χ0v) is 18.4. The van der Waals surface area contributed by atoms with Gasteiger partial charge in [0.1, 0.15) is 5.00 Å². The predicted octanol–water partition coefficient (Wildman–Crippen LogP) is 4.14. The molecule has 2 bridgehead atoms. The maximum Gasteiger partial charge on any atom is 0.307 e. The second kappa shape index (κ2) is 8.53. The van der Waals surface area contributed by atoms with Crippen LogP contribution < -0.4 is 10.6 Å². The van der Waals surface area contributed by atoms with Gasteiger partial charge in [0.15, 0.2) is 0 Å². The average Bonchev–Trinajstić information content (AvgIpc) is 3.41. The lowest BCUT2D eigenvalue weighted by atomic mass is 9.82. The molecule has 0 aromatic carbocycles. The van der Waals surface area contributed by atoms with Gasteiger partial charge in [-0.3, -0.25) is 14.4 Å². The molecule has 0 saturated heterocycles. The summed E-state index contributed by atoms with van der Waals surface area (Å²) in [5.74, 6) is -2.71. The van der Waals surface area contributed by atoms with Crippen LogP contribution >= 0.6 is 11.3 Å². The van der Waals surface area contributed by atoms with E-state index in [0.29, 0.717) is 23.4 Å². The van der Waals surface area contributed by atoms with Gasteiger partial charge in [-0.1, -0.05) is 38.3 Å². The molecule has 4 atom stereocenters. The van der Waals surface area contributed by atoms with Gasteiger partial charge in [0.2, 0.25) is 5.91 Å². The van der Waals surface area contributed by atoms with E-state index in [1.54, 1.807) is 0 Å². The topological polar surface area (TPSA) is 95.5 Å². The van der Waals surface area contributed by atoms with Crippen molar-refractivity contribution in [3.8, 4) is 0 Å². The Bertz CT molecular complexity index is 884. The first kappa shape index (κ1) is 21.1. The van der Waals surface area contributed by atoms with Crippen molar-refractivity contribution >= 4 is 34.1 Å². The van der Waals surface area contributed by atoms with Gasteiger partial charge in [-0.15, -0.1) is 11.3 Å². The van der Waals surface area contributed by atoms with E-state index in [9.17, 15) is 19.5 Å². The highest BCUT2D eigenvalue weighted by atomic mass is 32.1. The van der Waals surface area contributed by atoms with Crippen LogP contribution in [0, 0.1) is 30.6 Å². The van der Waals surface area contributed by atoms with Gasteiger partial charge in [-0.2, -0.15) is 0 Å². The molecular weight excluding hydrogens is 400 g/mol. The second-order valence-electron chi connectivity index (χ2n) is 8.83. The van der Waals surface area contributed by atoms with Crippen LogP contribution in [0.5, 0.6) is 0 Å². The Balaban J connectivity index is 1.56. The molecule has 3 N–H and O–H groups in total. The molecule has 162 valence electrons. The van der Waals surface area contributed by atoms with Crippen molar-refractivity contribution < 1.29 is 19.5 Å². The fourth-order valence-corrected chi connectivity index (χ4v) is 6.69. The number of hydrogen-bond donors (Lipinski definition) is 3. The smallest absolute Gasteiger partial charge is 0.307 e. The largest absolute Gasteiger partial charge is 0.481 e. The first-order valence-corrected chi connectivity index (χ1v) is 11.9. The summed E-state index contributed by atoms with van der Waals surface area (Å²) in [4.78, 5) is 39.1. The van der Waals surface area contributed by atoms with E-state index < -0.39 is 17.8 Å². The van der Waals surface area contributed by atoms with Crippen LogP contribution in [0.25, 0.3) is 0 Å². The van der Waals surface area contributed by atoms with Crippen molar-refractivity contribution in [1.82, 2.24) is 5.32 Å². The third-order valence-corrected chi connectivity index (χ3v) is 8.08. The van der Waals surface area contributed by atoms with Crippen molar-refractivity contribution in [2.45, 2.75) is 64.8 Å². The molecule has 1 aromatic heterocycles. The molecule has 0 aliphatic heterocycles. The summed E-state index contributed by atoms with van der Waals surface area (Å²) in [5, 5.41) is 16.3. The number of thiophene rings is 1. The first-order chi connectivity index (χ1) is 14.4. The van der Waals surface area contributed by atoms with Crippen LogP contribution in [-0.4, -0.2) is 28.9 Å². The molecule has 7 heteroatoms. The normalized spacial score (nSPS) is 27.9. The van der Waals surface area contributed by atoms with Gasteiger partial charge in [-0.25, -0.2) is 0 Å². The van der Waals surface area contributed by atoms with Crippen LogP contribution in [0.4, 0.5) is 5.00 Å². The minimum absolute atomic E-state index is 0.0395. The molecular formula is C23H30N2O4S. The number of amides is 2. The average molecular weight is 431 g/mol. The lowest BCUT2D eigenvalue weighted by molar-refractivity contribution is -0.146. The van der Waals surface area contributed by atoms with Gasteiger partial charge in [-0.05, 0) is 50.0 Å². The lowest BCUT2D eigenvalue weighted by Gasteiger charge is -2.24. The number of nitrogens with one attached hydrogen (secondary N) is 2. The third kappa shape index (κ3) is 3.80. The van der Waals surface area contributed by atoms with Crippen LogP contribution in [0.3, 0.4) is 0 Å². The van der Waals surface area contributed by atoms with Crippen molar-refractivity contribution in [2.75, 3.05) is 5.32 Å². The van der Waals surface area contributed by atoms with E-state index in [4.69, 9.17) is 0 Å². The minimum atomic E-state index is -0.918. The van der Waals surface area contributed by atoms with E-state index in [1.807, 2.05) is 26.0 Å². The highest BCUT2D eigenvalue weighted by Gasteiger charge is 2.51. The van der Waals surface area contributed by atoms with E-state index >= 15 is 0 Å². The van der Waals surface area contributed by atoms with Crippen molar-refractivity contribution in [2.24, 2.45) is 23.7 Å². The Morgan fingerprint density at radius 1 is 1.10 bits per heavy atom. The zero-order chi connectivity index (χ0) is 21.4. The maximum atomic E-state index is 13.2. The standard InChI is InChI=1S/C23H30N2O4S/c1-3-16-12(2)30-22(19(16)21(27)24-15-7-5-4-6-8-15)25-20(26)17-13-9-10-14(11-13)18(17)23(28)29/h9-10,13-15,17-18H,3-8,11H2,1-2H3,(H,24,27)(H,25,26)(H,28,29)/t13-,14+,17+,18+/m1/s1. The van der Waals surface area contributed by atoms with Crippen molar-refractivity contribution in [3.63, 3.8) is 0 Å². The number of aliphatic carboxylic acids is 1. The Morgan fingerprint density at radius 2 is 1.77 bits per heavy atom. The highest BCUT2D eigenvalue weighted by molar-refractivity contribution is 7.16. The highest BCUT2D eigenvalue weighted by Crippen LogP contribution is 2.49. The number of carbonyl (C=O) groups is 3. The molecule has 3 aliphatic carbocycles. The van der Waals surface area contributed by atoms with Gasteiger partial charge >= 0.3 is 5.97 Å². The number of fused-ring (bicyclic) bond motifs is 2. The SMILES string of the molecule is CCc1c(C)sc(NC(=O)[C@@H]2[C@@H](C(=O)O)[C@H]3C=C[C@@H]2C3)c1C(=O)NC1CCCCC1. The Labute approximate surface area is 181 Å². The molecule has 0 spiro atoms. The molecule has 2 fully saturated rings. The maximum absolute atomic E-state index is 13.2. The van der Waals surface area contributed by atoms with E-state index in [-0.39, 0.29) is 29.7 Å². The summed E-state index contributed by atoms with van der Waals surface area (Å²) < 4.78 is 0. The van der Waals surface area contributed by atoms with Gasteiger partial charge < -0.3 is 15.7 Å². The van der Waals surface area contributed by atoms with Crippen LogP contribution in [0.2, 0.25) is 0 Å². The fourth-order valence-electron chi connectivity index (χ4n) is 5.55. The molecule has 2 saturated carbocycles. The number of anilines is 1. The molecule has 6 nitrogen and oxygen atoms in total. The van der Waals surface area contributed by atoms with Gasteiger partial charge in [0.25, 0.3) is 5.91 Å². The summed E-state index contributed by atoms with van der Waals surface area (Å²) >= 11 is 1.41. The number of allylic oxidation sites excluding steroid dienone is 2. The molecule has 0 unspecified atom stereocenters. The summed E-state index contributed by atoms with van der Waals surface area (Å²) in [7, 11) is 0. The quantitative estimate of drug-likeness (QED) is 0.591. The summed E-state index contributed by atoms with van der Waals surface area (Å²) in [6.45, 7) is 3.98. The van der Waals surface area contributed by atoms with E-state index in [1.165, 1.54) is 17.8 Å². The lowest BCUT2D eigenvalue weighted by Crippen LogP contribution is -2.38. The molecule has 2 amide bonds. The Hall–Kier alpha value is -2.15. The number of hydrogen-bond acceptors (Lipinski definition) is 4. The zero-order valence-electron chi connectivity index (χ0n) is 17.6. The van der Waals surface area contributed by atoms with Gasteiger partial charge in [0, 0.05) is 10.9 Å². The summed E-state index contributed by atoms with van der Waals surface area (Å²) in [6.07, 6.45) is 10.8. The number of aryl methyl sites for hydroxylation is 1. The molecule has 30 heavy (non-hydrogen) atoms. The Morgan fingerprint density at radius 3 is 2.40 bits per heavy atom.